The van der Waals surface area contributed by atoms with Crippen molar-refractivity contribution < 1.29 is 9.18 Å². The summed E-state index contributed by atoms with van der Waals surface area (Å²) in [6, 6.07) is 6.29. The van der Waals surface area contributed by atoms with Gasteiger partial charge in [-0.1, -0.05) is 19.1 Å². The largest absolute Gasteiger partial charge is 0.355 e. The Morgan fingerprint density at radius 2 is 2.10 bits per heavy atom. The van der Waals surface area contributed by atoms with Gasteiger partial charge in [-0.2, -0.15) is 0 Å². The van der Waals surface area contributed by atoms with E-state index in [-0.39, 0.29) is 23.8 Å². The van der Waals surface area contributed by atoms with Crippen molar-refractivity contribution in [2.75, 3.05) is 19.6 Å². The zero-order chi connectivity index (χ0) is 14.5. The number of carbonyl (C=O) groups excluding carboxylic acids is 1. The second-order valence-electron chi connectivity index (χ2n) is 5.24. The van der Waals surface area contributed by atoms with Gasteiger partial charge in [0.25, 0.3) is 0 Å². The summed E-state index contributed by atoms with van der Waals surface area (Å²) < 4.78 is 13.1. The molecule has 1 aliphatic heterocycles. The third-order valence-corrected chi connectivity index (χ3v) is 3.77. The molecule has 1 fully saturated rings. The van der Waals surface area contributed by atoms with Crippen LogP contribution in [0.4, 0.5) is 4.39 Å². The van der Waals surface area contributed by atoms with Crippen LogP contribution in [-0.4, -0.2) is 36.5 Å². The molecule has 2 unspecified atom stereocenters. The Kier molecular flexibility index (Phi) is 5.09. The zero-order valence-corrected chi connectivity index (χ0v) is 11.8. The Morgan fingerprint density at radius 1 is 1.40 bits per heavy atom. The Labute approximate surface area is 119 Å². The molecule has 110 valence electrons. The highest BCUT2D eigenvalue weighted by Crippen LogP contribution is 2.26. The number of benzene rings is 1. The van der Waals surface area contributed by atoms with E-state index in [1.807, 2.05) is 6.92 Å². The topological polar surface area (TPSA) is 58.4 Å². The normalized spacial score (nSPS) is 20.1. The maximum absolute atomic E-state index is 13.1. The van der Waals surface area contributed by atoms with Crippen molar-refractivity contribution in [3.8, 4) is 0 Å². The first-order chi connectivity index (χ1) is 9.61. The fraction of sp³-hybridized carbons (Fsp3) is 0.533. The van der Waals surface area contributed by atoms with E-state index in [1.54, 1.807) is 12.1 Å². The summed E-state index contributed by atoms with van der Waals surface area (Å²) in [5.74, 6) is -0.232. The highest BCUT2D eigenvalue weighted by molar-refractivity contribution is 5.78. The van der Waals surface area contributed by atoms with Gasteiger partial charge in [-0.3, -0.25) is 9.69 Å². The molecular weight excluding hydrogens is 257 g/mol. The van der Waals surface area contributed by atoms with Crippen molar-refractivity contribution >= 4 is 5.91 Å². The molecule has 1 saturated heterocycles. The molecular formula is C15H22FN3O. The van der Waals surface area contributed by atoms with Gasteiger partial charge < -0.3 is 11.1 Å². The fourth-order valence-corrected chi connectivity index (χ4v) is 2.68. The number of nitrogens with zero attached hydrogens (tertiary/aromatic N) is 1. The SMILES string of the molecule is CCC(N)C(c1ccc(F)cc1)N1CCCNC(=O)C1. The van der Waals surface area contributed by atoms with E-state index < -0.39 is 0 Å². The van der Waals surface area contributed by atoms with Crippen molar-refractivity contribution in [1.29, 1.82) is 0 Å². The molecule has 20 heavy (non-hydrogen) atoms. The highest BCUT2D eigenvalue weighted by Gasteiger charge is 2.28. The standard InChI is InChI=1S/C15H22FN3O/c1-2-13(17)15(11-4-6-12(16)7-5-11)19-9-3-8-18-14(20)10-19/h4-7,13,15H,2-3,8-10,17H2,1H3,(H,18,20). The number of nitrogens with one attached hydrogen (secondary N) is 1. The van der Waals surface area contributed by atoms with E-state index >= 15 is 0 Å². The van der Waals surface area contributed by atoms with Crippen molar-refractivity contribution in [2.24, 2.45) is 5.73 Å². The monoisotopic (exact) mass is 279 g/mol. The van der Waals surface area contributed by atoms with Crippen molar-refractivity contribution in [3.63, 3.8) is 0 Å². The molecule has 1 aliphatic rings. The molecule has 1 amide bonds. The molecule has 0 aliphatic carbocycles. The lowest BCUT2D eigenvalue weighted by molar-refractivity contribution is -0.122. The Hall–Kier alpha value is -1.46. The molecule has 0 radical (unpaired) electrons. The minimum absolute atomic E-state index is 0.0258. The van der Waals surface area contributed by atoms with Crippen LogP contribution in [-0.2, 0) is 4.79 Å². The smallest absolute Gasteiger partial charge is 0.234 e. The van der Waals surface area contributed by atoms with Gasteiger partial charge >= 0.3 is 0 Å². The van der Waals surface area contributed by atoms with Gasteiger partial charge in [-0.05, 0) is 30.5 Å². The average Bonchev–Trinajstić information content (AvgIpc) is 2.65. The van der Waals surface area contributed by atoms with Crippen LogP contribution in [0.5, 0.6) is 0 Å². The highest BCUT2D eigenvalue weighted by atomic mass is 19.1. The number of rotatable bonds is 4. The third kappa shape index (κ3) is 3.55. The summed E-state index contributed by atoms with van der Waals surface area (Å²) in [7, 11) is 0. The van der Waals surface area contributed by atoms with Crippen LogP contribution in [0.3, 0.4) is 0 Å². The van der Waals surface area contributed by atoms with Crippen LogP contribution in [0, 0.1) is 5.82 Å². The van der Waals surface area contributed by atoms with E-state index in [4.69, 9.17) is 5.73 Å². The molecule has 2 rings (SSSR count). The van der Waals surface area contributed by atoms with Crippen molar-refractivity contribution in [2.45, 2.75) is 31.8 Å². The molecule has 0 bridgehead atoms. The molecule has 0 aromatic heterocycles. The number of amides is 1. The molecule has 1 aromatic rings. The molecule has 4 nitrogen and oxygen atoms in total. The average molecular weight is 279 g/mol. The van der Waals surface area contributed by atoms with E-state index in [0.717, 1.165) is 24.9 Å². The predicted molar refractivity (Wildman–Crippen MR) is 76.6 cm³/mol. The van der Waals surface area contributed by atoms with Gasteiger partial charge in [0.15, 0.2) is 0 Å². The third-order valence-electron chi connectivity index (χ3n) is 3.77. The van der Waals surface area contributed by atoms with E-state index in [9.17, 15) is 9.18 Å². The van der Waals surface area contributed by atoms with Gasteiger partial charge in [0.05, 0.1) is 12.6 Å². The summed E-state index contributed by atoms with van der Waals surface area (Å²) >= 11 is 0. The summed E-state index contributed by atoms with van der Waals surface area (Å²) in [6.45, 7) is 3.89. The molecule has 2 atom stereocenters. The first-order valence-corrected chi connectivity index (χ1v) is 7.13. The fourth-order valence-electron chi connectivity index (χ4n) is 2.68. The summed E-state index contributed by atoms with van der Waals surface area (Å²) in [4.78, 5) is 13.8. The zero-order valence-electron chi connectivity index (χ0n) is 11.8. The second kappa shape index (κ2) is 6.81. The van der Waals surface area contributed by atoms with E-state index in [1.165, 1.54) is 12.1 Å². The van der Waals surface area contributed by atoms with E-state index in [0.29, 0.717) is 13.1 Å². The van der Waals surface area contributed by atoms with Gasteiger partial charge in [0.1, 0.15) is 5.82 Å². The number of nitrogens with two attached hydrogens (primary N) is 1. The van der Waals surface area contributed by atoms with Crippen LogP contribution in [0.15, 0.2) is 24.3 Å². The van der Waals surface area contributed by atoms with Crippen molar-refractivity contribution in [1.82, 2.24) is 10.2 Å². The molecule has 3 N–H and O–H groups in total. The van der Waals surface area contributed by atoms with Gasteiger partial charge in [-0.25, -0.2) is 4.39 Å². The Morgan fingerprint density at radius 3 is 2.75 bits per heavy atom. The molecule has 0 spiro atoms. The number of halogens is 1. The van der Waals surface area contributed by atoms with Crippen LogP contribution in [0.2, 0.25) is 0 Å². The quantitative estimate of drug-likeness (QED) is 0.876. The lowest BCUT2D eigenvalue weighted by atomic mass is 9.96. The lowest BCUT2D eigenvalue weighted by Gasteiger charge is -2.34. The Balaban J connectivity index is 2.26. The van der Waals surface area contributed by atoms with Gasteiger partial charge in [-0.15, -0.1) is 0 Å². The van der Waals surface area contributed by atoms with Crippen LogP contribution in [0.1, 0.15) is 31.4 Å². The number of hydrogen-bond acceptors (Lipinski definition) is 3. The Bertz CT molecular complexity index is 449. The molecule has 0 saturated carbocycles. The minimum Gasteiger partial charge on any atom is -0.355 e. The summed E-state index contributed by atoms with van der Waals surface area (Å²) in [5.41, 5.74) is 7.22. The van der Waals surface area contributed by atoms with Crippen LogP contribution in [0.25, 0.3) is 0 Å². The van der Waals surface area contributed by atoms with Crippen molar-refractivity contribution in [3.05, 3.63) is 35.6 Å². The number of carbonyl (C=O) groups is 1. The molecule has 1 heterocycles. The molecule has 5 heteroatoms. The predicted octanol–water partition coefficient (Wildman–Crippen LogP) is 1.43. The second-order valence-corrected chi connectivity index (χ2v) is 5.24. The summed E-state index contributed by atoms with van der Waals surface area (Å²) in [6.07, 6.45) is 1.71. The lowest BCUT2D eigenvalue weighted by Crippen LogP contribution is -2.43. The van der Waals surface area contributed by atoms with E-state index in [2.05, 4.69) is 10.2 Å². The first-order valence-electron chi connectivity index (χ1n) is 7.13. The summed E-state index contributed by atoms with van der Waals surface area (Å²) in [5, 5.41) is 2.87. The van der Waals surface area contributed by atoms with Crippen LogP contribution >= 0.6 is 0 Å². The minimum atomic E-state index is -0.258. The van der Waals surface area contributed by atoms with Gasteiger partial charge in [0.2, 0.25) is 5.91 Å². The van der Waals surface area contributed by atoms with Crippen LogP contribution < -0.4 is 11.1 Å². The maximum atomic E-state index is 13.1. The first kappa shape index (κ1) is 14.9. The maximum Gasteiger partial charge on any atom is 0.234 e. The van der Waals surface area contributed by atoms with Gasteiger partial charge in [0, 0.05) is 19.1 Å². The molecule has 1 aromatic carbocycles. The number of hydrogen-bond donors (Lipinski definition) is 2.